The minimum absolute atomic E-state index is 0.112. The van der Waals surface area contributed by atoms with Crippen molar-refractivity contribution in [3.8, 4) is 34.5 Å². The summed E-state index contributed by atoms with van der Waals surface area (Å²) in [6.45, 7) is -0.169. The molecule has 2 aromatic heterocycles. The summed E-state index contributed by atoms with van der Waals surface area (Å²) in [7, 11) is 3.05. The van der Waals surface area contributed by atoms with Crippen molar-refractivity contribution in [2.24, 2.45) is 0 Å². The van der Waals surface area contributed by atoms with Crippen LogP contribution in [0.25, 0.3) is 23.0 Å². The fourth-order valence-electron chi connectivity index (χ4n) is 2.83. The van der Waals surface area contributed by atoms with E-state index in [0.29, 0.717) is 23.0 Å². The van der Waals surface area contributed by atoms with E-state index in [1.165, 1.54) is 18.9 Å². The zero-order chi connectivity index (χ0) is 21.8. The molecule has 2 heterocycles. The number of carbonyl (C=O) groups is 1. The molecule has 0 unspecified atom stereocenters. The second-order valence-corrected chi connectivity index (χ2v) is 6.42. The van der Waals surface area contributed by atoms with Gasteiger partial charge in [-0.05, 0) is 0 Å². The van der Waals surface area contributed by atoms with Gasteiger partial charge in [0, 0.05) is 29.4 Å². The van der Waals surface area contributed by atoms with Crippen molar-refractivity contribution in [1.29, 1.82) is 0 Å². The van der Waals surface area contributed by atoms with E-state index < -0.39 is 0 Å². The Morgan fingerprint density at radius 2 is 1.84 bits per heavy atom. The van der Waals surface area contributed by atoms with Crippen LogP contribution in [0.4, 0.5) is 11.5 Å². The van der Waals surface area contributed by atoms with E-state index in [1.807, 2.05) is 30.3 Å². The predicted molar refractivity (Wildman–Crippen MR) is 111 cm³/mol. The first kappa shape index (κ1) is 19.9. The Labute approximate surface area is 176 Å². The highest BCUT2D eigenvalue weighted by atomic mass is 16.5. The fraction of sp³-hybridized carbons (Fsp3) is 0.150. The lowest BCUT2D eigenvalue weighted by molar-refractivity contribution is -0.116. The number of anilines is 2. The van der Waals surface area contributed by atoms with E-state index in [1.54, 1.807) is 18.2 Å². The Morgan fingerprint density at radius 1 is 1.13 bits per heavy atom. The molecule has 11 nitrogen and oxygen atoms in total. The number of carbonyl (C=O) groups excluding carboxylic acids is 1. The van der Waals surface area contributed by atoms with Crippen LogP contribution in [0, 0.1) is 0 Å². The van der Waals surface area contributed by atoms with Crippen LogP contribution in [0.2, 0.25) is 0 Å². The molecule has 158 valence electrons. The minimum atomic E-state index is -0.367. The summed E-state index contributed by atoms with van der Waals surface area (Å²) >= 11 is 0. The largest absolute Gasteiger partial charge is 0.497 e. The van der Waals surface area contributed by atoms with Gasteiger partial charge in [0.2, 0.25) is 11.7 Å². The number of amides is 1. The molecule has 0 saturated carbocycles. The second-order valence-electron chi connectivity index (χ2n) is 6.42. The monoisotopic (exact) mass is 421 g/mol. The van der Waals surface area contributed by atoms with Crippen molar-refractivity contribution in [3.63, 3.8) is 0 Å². The van der Waals surface area contributed by atoms with Gasteiger partial charge in [0.15, 0.2) is 11.5 Å². The second kappa shape index (κ2) is 8.53. The molecule has 0 aliphatic heterocycles. The lowest BCUT2D eigenvalue weighted by atomic mass is 10.2. The van der Waals surface area contributed by atoms with E-state index in [9.17, 15) is 4.79 Å². The average molecular weight is 421 g/mol. The number of hydrogen-bond donors (Lipinski definition) is 2. The molecule has 1 amide bonds. The van der Waals surface area contributed by atoms with Crippen LogP contribution in [0.3, 0.4) is 0 Å². The van der Waals surface area contributed by atoms with Crippen LogP contribution in [0.1, 0.15) is 0 Å². The number of nitrogens with zero attached hydrogens (tertiary/aromatic N) is 5. The van der Waals surface area contributed by atoms with Crippen molar-refractivity contribution in [2.45, 2.75) is 6.54 Å². The molecule has 0 fully saturated rings. The fourth-order valence-corrected chi connectivity index (χ4v) is 2.83. The Kier molecular flexibility index (Phi) is 5.47. The Morgan fingerprint density at radius 3 is 2.52 bits per heavy atom. The van der Waals surface area contributed by atoms with Crippen molar-refractivity contribution in [1.82, 2.24) is 25.1 Å². The third kappa shape index (κ3) is 4.29. The number of ether oxygens (including phenoxy) is 2. The summed E-state index contributed by atoms with van der Waals surface area (Å²) in [5, 5.41) is 14.6. The number of nitrogen functional groups attached to an aromatic ring is 1. The normalized spacial score (nSPS) is 10.6. The third-order valence-electron chi connectivity index (χ3n) is 4.36. The molecular formula is C20H19N7O4. The lowest BCUT2D eigenvalue weighted by Gasteiger charge is -2.10. The van der Waals surface area contributed by atoms with Crippen LogP contribution < -0.4 is 20.5 Å². The van der Waals surface area contributed by atoms with Gasteiger partial charge in [0.1, 0.15) is 18.0 Å². The maximum atomic E-state index is 12.5. The maximum absolute atomic E-state index is 12.5. The lowest BCUT2D eigenvalue weighted by Crippen LogP contribution is -2.20. The number of methoxy groups -OCH3 is 2. The number of aromatic nitrogens is 5. The van der Waals surface area contributed by atoms with Gasteiger partial charge in [-0.3, -0.25) is 4.79 Å². The van der Waals surface area contributed by atoms with Gasteiger partial charge in [-0.15, -0.1) is 5.10 Å². The van der Waals surface area contributed by atoms with E-state index in [2.05, 4.69) is 25.8 Å². The van der Waals surface area contributed by atoms with Crippen LogP contribution >= 0.6 is 0 Å². The summed E-state index contributed by atoms with van der Waals surface area (Å²) in [6, 6.07) is 14.4. The number of rotatable bonds is 7. The van der Waals surface area contributed by atoms with Gasteiger partial charge < -0.3 is 25.0 Å². The molecule has 2 aromatic carbocycles. The molecule has 0 aliphatic rings. The summed E-state index contributed by atoms with van der Waals surface area (Å²) in [6.07, 6.45) is 0. The topological polar surface area (TPSA) is 143 Å². The summed E-state index contributed by atoms with van der Waals surface area (Å²) in [5.74, 6) is 1.36. The molecular weight excluding hydrogens is 402 g/mol. The van der Waals surface area contributed by atoms with Crippen molar-refractivity contribution >= 4 is 17.4 Å². The van der Waals surface area contributed by atoms with E-state index >= 15 is 0 Å². The molecule has 0 spiro atoms. The number of nitrogens with one attached hydrogen (secondary N) is 1. The number of hydrogen-bond acceptors (Lipinski definition) is 9. The molecule has 4 rings (SSSR count). The molecule has 0 bridgehead atoms. The van der Waals surface area contributed by atoms with Crippen molar-refractivity contribution in [3.05, 3.63) is 48.5 Å². The van der Waals surface area contributed by atoms with Crippen LogP contribution in [-0.2, 0) is 11.3 Å². The quantitative estimate of drug-likeness (QED) is 0.459. The van der Waals surface area contributed by atoms with E-state index in [4.69, 9.17) is 19.7 Å². The van der Waals surface area contributed by atoms with Crippen molar-refractivity contribution in [2.75, 3.05) is 25.3 Å². The maximum Gasteiger partial charge on any atom is 0.282 e. The van der Waals surface area contributed by atoms with Gasteiger partial charge in [0.25, 0.3) is 5.89 Å². The zero-order valence-corrected chi connectivity index (χ0v) is 16.8. The predicted octanol–water partition coefficient (Wildman–Crippen LogP) is 2.23. The minimum Gasteiger partial charge on any atom is -0.497 e. The summed E-state index contributed by atoms with van der Waals surface area (Å²) in [5.41, 5.74) is 7.60. The van der Waals surface area contributed by atoms with Crippen LogP contribution in [-0.4, -0.2) is 45.3 Å². The Balaban J connectivity index is 1.49. The van der Waals surface area contributed by atoms with Crippen LogP contribution in [0.5, 0.6) is 11.5 Å². The molecule has 0 atom stereocenters. The first-order chi connectivity index (χ1) is 15.1. The molecule has 0 saturated heterocycles. The third-order valence-corrected chi connectivity index (χ3v) is 4.36. The Hall–Kier alpha value is -4.41. The SMILES string of the molecule is COc1cc(NC(=O)Cn2nnc(-c3nc(-c4ccccc4)no3)c2N)cc(OC)c1. The highest BCUT2D eigenvalue weighted by molar-refractivity contribution is 5.91. The standard InChI is InChI=1S/C20H19N7O4/c1-29-14-8-13(9-15(10-14)30-2)22-16(28)11-27-18(21)17(24-26-27)20-23-19(25-31-20)12-6-4-3-5-7-12/h3-10H,11,21H2,1-2H3,(H,22,28). The highest BCUT2D eigenvalue weighted by Crippen LogP contribution is 2.27. The van der Waals surface area contributed by atoms with Gasteiger partial charge in [-0.2, -0.15) is 4.98 Å². The van der Waals surface area contributed by atoms with Crippen molar-refractivity contribution < 1.29 is 18.8 Å². The van der Waals surface area contributed by atoms with E-state index in [-0.39, 0.29) is 29.9 Å². The zero-order valence-electron chi connectivity index (χ0n) is 16.8. The van der Waals surface area contributed by atoms with E-state index in [0.717, 1.165) is 5.56 Å². The first-order valence-electron chi connectivity index (χ1n) is 9.18. The number of benzene rings is 2. The van der Waals surface area contributed by atoms with Gasteiger partial charge in [-0.25, -0.2) is 4.68 Å². The summed E-state index contributed by atoms with van der Waals surface area (Å²) in [4.78, 5) is 16.8. The van der Waals surface area contributed by atoms with Gasteiger partial charge >= 0.3 is 0 Å². The first-order valence-corrected chi connectivity index (χ1v) is 9.18. The molecule has 4 aromatic rings. The summed E-state index contributed by atoms with van der Waals surface area (Å²) < 4.78 is 16.9. The van der Waals surface area contributed by atoms with Gasteiger partial charge in [0.05, 0.1) is 14.2 Å². The molecule has 31 heavy (non-hydrogen) atoms. The smallest absolute Gasteiger partial charge is 0.282 e. The molecule has 11 heteroatoms. The number of nitrogens with two attached hydrogens (primary N) is 1. The average Bonchev–Trinajstić information content (AvgIpc) is 3.41. The molecule has 0 radical (unpaired) electrons. The van der Waals surface area contributed by atoms with Crippen LogP contribution in [0.15, 0.2) is 53.1 Å². The highest BCUT2D eigenvalue weighted by Gasteiger charge is 2.20. The Bertz CT molecular complexity index is 1180. The molecule has 0 aliphatic carbocycles. The molecule has 3 N–H and O–H groups in total. The van der Waals surface area contributed by atoms with Gasteiger partial charge in [-0.1, -0.05) is 40.7 Å².